The topological polar surface area (TPSA) is 125 Å². The average Bonchev–Trinajstić information content (AvgIpc) is 2.67. The number of nitrogens with one attached hydrogen (secondary N) is 1. The van der Waals surface area contributed by atoms with Crippen molar-refractivity contribution in [3.63, 3.8) is 0 Å². The number of aromatic nitrogens is 4. The fourth-order valence-electron chi connectivity index (χ4n) is 1.41. The van der Waals surface area contributed by atoms with E-state index in [2.05, 4.69) is 20.5 Å². The van der Waals surface area contributed by atoms with E-state index in [-0.39, 0.29) is 16.7 Å². The molecule has 2 aromatic rings. The molecule has 0 fully saturated rings. The minimum absolute atomic E-state index is 0.118. The molecule has 0 bridgehead atoms. The zero-order chi connectivity index (χ0) is 14.0. The summed E-state index contributed by atoms with van der Waals surface area (Å²) in [5.74, 6) is 5.32. The number of hydrogen-bond donors (Lipinski definition) is 2. The van der Waals surface area contributed by atoms with Crippen LogP contribution in [0, 0.1) is 17.0 Å². The number of nitro groups is 1. The van der Waals surface area contributed by atoms with Gasteiger partial charge in [0, 0.05) is 7.05 Å². The lowest BCUT2D eigenvalue weighted by Gasteiger charge is -2.04. The van der Waals surface area contributed by atoms with Crippen molar-refractivity contribution < 1.29 is 4.92 Å². The van der Waals surface area contributed by atoms with Gasteiger partial charge < -0.3 is 0 Å². The first-order valence-corrected chi connectivity index (χ1v) is 5.99. The number of rotatable bonds is 4. The summed E-state index contributed by atoms with van der Waals surface area (Å²) >= 11 is 1.13. The molecule has 0 spiro atoms. The molecule has 2 aromatic heterocycles. The van der Waals surface area contributed by atoms with Crippen molar-refractivity contribution in [2.75, 3.05) is 5.43 Å². The van der Waals surface area contributed by atoms with Gasteiger partial charge in [0.05, 0.1) is 10.6 Å². The third-order valence-corrected chi connectivity index (χ3v) is 3.31. The quantitative estimate of drug-likeness (QED) is 0.366. The Morgan fingerprint density at radius 3 is 2.84 bits per heavy atom. The first-order valence-electron chi connectivity index (χ1n) is 5.18. The molecule has 0 atom stereocenters. The Labute approximate surface area is 112 Å². The Balaban J connectivity index is 2.42. The van der Waals surface area contributed by atoms with Gasteiger partial charge in [-0.2, -0.15) is 10.1 Å². The minimum atomic E-state index is -0.536. The van der Waals surface area contributed by atoms with Crippen LogP contribution >= 0.6 is 11.8 Å². The summed E-state index contributed by atoms with van der Waals surface area (Å²) in [5, 5.41) is 16.0. The maximum atomic E-state index is 10.9. The Kier molecular flexibility index (Phi) is 3.62. The minimum Gasteiger partial charge on any atom is -0.292 e. The number of anilines is 1. The molecule has 9 nitrogen and oxygen atoms in total. The van der Waals surface area contributed by atoms with E-state index in [0.29, 0.717) is 0 Å². The molecule has 2 rings (SSSR count). The fraction of sp³-hybridized carbons (Fsp3) is 0.222. The summed E-state index contributed by atoms with van der Waals surface area (Å²) in [7, 11) is 1.75. The van der Waals surface area contributed by atoms with Gasteiger partial charge in [-0.05, 0) is 24.8 Å². The number of nitrogens with zero attached hydrogens (tertiary/aromatic N) is 5. The molecule has 0 unspecified atom stereocenters. The van der Waals surface area contributed by atoms with E-state index in [0.717, 1.165) is 28.7 Å². The van der Waals surface area contributed by atoms with E-state index in [1.165, 1.54) is 0 Å². The largest absolute Gasteiger partial charge is 0.320 e. The lowest BCUT2D eigenvalue weighted by molar-refractivity contribution is -0.388. The summed E-state index contributed by atoms with van der Waals surface area (Å²) in [6.07, 6.45) is 1.12. The summed E-state index contributed by atoms with van der Waals surface area (Å²) in [6.45, 7) is 1.84. The van der Waals surface area contributed by atoms with Crippen LogP contribution in [0.5, 0.6) is 0 Å². The summed E-state index contributed by atoms with van der Waals surface area (Å²) in [5.41, 5.74) is 2.90. The fourth-order valence-corrected chi connectivity index (χ4v) is 2.38. The number of hydrazine groups is 1. The van der Waals surface area contributed by atoms with Gasteiger partial charge in [0.2, 0.25) is 5.95 Å². The van der Waals surface area contributed by atoms with Crippen LogP contribution in [0.4, 0.5) is 11.6 Å². The van der Waals surface area contributed by atoms with Crippen LogP contribution in [0.1, 0.15) is 5.69 Å². The van der Waals surface area contributed by atoms with E-state index >= 15 is 0 Å². The van der Waals surface area contributed by atoms with Crippen molar-refractivity contribution in [1.29, 1.82) is 0 Å². The van der Waals surface area contributed by atoms with Crippen LogP contribution in [0.15, 0.2) is 22.3 Å². The zero-order valence-corrected chi connectivity index (χ0v) is 11.0. The predicted octanol–water partition coefficient (Wildman–Crippen LogP) is 0.864. The highest BCUT2D eigenvalue weighted by molar-refractivity contribution is 7.99. The lowest BCUT2D eigenvalue weighted by Crippen LogP contribution is -2.11. The van der Waals surface area contributed by atoms with Gasteiger partial charge in [-0.1, -0.05) is 0 Å². The number of hydrogen-bond acceptors (Lipinski definition) is 8. The molecular weight excluding hydrogens is 270 g/mol. The molecule has 3 N–H and O–H groups in total. The van der Waals surface area contributed by atoms with Crippen LogP contribution in [-0.4, -0.2) is 24.7 Å². The van der Waals surface area contributed by atoms with E-state index in [1.54, 1.807) is 11.7 Å². The van der Waals surface area contributed by atoms with Gasteiger partial charge >= 0.3 is 5.69 Å². The number of aryl methyl sites for hydroxylation is 2. The van der Waals surface area contributed by atoms with Crippen molar-refractivity contribution in [2.45, 2.75) is 17.0 Å². The van der Waals surface area contributed by atoms with Gasteiger partial charge in [-0.3, -0.25) is 20.2 Å². The smallest absolute Gasteiger partial charge is 0.292 e. The lowest BCUT2D eigenvalue weighted by atomic mass is 10.5. The highest BCUT2D eigenvalue weighted by Gasteiger charge is 2.19. The van der Waals surface area contributed by atoms with Gasteiger partial charge in [-0.25, -0.2) is 10.8 Å². The molecular formula is C9H11N7O2S. The van der Waals surface area contributed by atoms with Crippen LogP contribution < -0.4 is 11.3 Å². The summed E-state index contributed by atoms with van der Waals surface area (Å²) in [6, 6.07) is 1.81. The monoisotopic (exact) mass is 281 g/mol. The molecule has 0 aliphatic heterocycles. The molecule has 19 heavy (non-hydrogen) atoms. The van der Waals surface area contributed by atoms with Crippen LogP contribution in [0.25, 0.3) is 0 Å². The molecule has 0 aliphatic rings. The molecule has 0 amide bonds. The van der Waals surface area contributed by atoms with Crippen molar-refractivity contribution >= 4 is 23.4 Å². The van der Waals surface area contributed by atoms with Crippen molar-refractivity contribution in [3.05, 3.63) is 28.1 Å². The Morgan fingerprint density at radius 2 is 2.32 bits per heavy atom. The molecule has 100 valence electrons. The van der Waals surface area contributed by atoms with Crippen molar-refractivity contribution in [2.24, 2.45) is 12.9 Å². The van der Waals surface area contributed by atoms with Crippen LogP contribution in [0.3, 0.4) is 0 Å². The third-order valence-electron chi connectivity index (χ3n) is 2.22. The molecule has 0 aliphatic carbocycles. The third kappa shape index (κ3) is 2.80. The molecule has 0 aromatic carbocycles. The highest BCUT2D eigenvalue weighted by atomic mass is 32.2. The zero-order valence-electron chi connectivity index (χ0n) is 10.2. The highest BCUT2D eigenvalue weighted by Crippen LogP contribution is 2.33. The number of nitrogen functional groups attached to an aromatic ring is 1. The van der Waals surface area contributed by atoms with Crippen molar-refractivity contribution in [1.82, 2.24) is 19.7 Å². The second kappa shape index (κ2) is 5.20. The molecule has 0 saturated heterocycles. The maximum Gasteiger partial charge on any atom is 0.320 e. The maximum absolute atomic E-state index is 10.9. The van der Waals surface area contributed by atoms with E-state index in [1.807, 2.05) is 13.0 Å². The van der Waals surface area contributed by atoms with Crippen LogP contribution in [0.2, 0.25) is 0 Å². The van der Waals surface area contributed by atoms with Crippen molar-refractivity contribution in [3.8, 4) is 0 Å². The van der Waals surface area contributed by atoms with Gasteiger partial charge in [0.25, 0.3) is 0 Å². The normalized spacial score (nSPS) is 10.5. The Morgan fingerprint density at radius 1 is 1.58 bits per heavy atom. The number of nitrogens with two attached hydrogens (primary N) is 1. The molecule has 0 radical (unpaired) electrons. The Bertz CT molecular complexity index is 627. The van der Waals surface area contributed by atoms with Gasteiger partial charge in [-0.15, -0.1) is 0 Å². The van der Waals surface area contributed by atoms with E-state index in [4.69, 9.17) is 5.84 Å². The second-order valence-corrected chi connectivity index (χ2v) is 4.64. The molecule has 2 heterocycles. The van der Waals surface area contributed by atoms with E-state index in [9.17, 15) is 10.1 Å². The van der Waals surface area contributed by atoms with Crippen LogP contribution in [-0.2, 0) is 7.05 Å². The SMILES string of the molecule is Cc1cc(Sc2nc(NN)ncc2[N+](=O)[O-])n(C)n1. The summed E-state index contributed by atoms with van der Waals surface area (Å²) < 4.78 is 1.63. The average molecular weight is 281 g/mol. The van der Waals surface area contributed by atoms with E-state index < -0.39 is 4.92 Å². The molecule has 10 heteroatoms. The molecule has 0 saturated carbocycles. The first kappa shape index (κ1) is 13.2. The van der Waals surface area contributed by atoms with Gasteiger partial charge in [0.15, 0.2) is 5.03 Å². The van der Waals surface area contributed by atoms with Gasteiger partial charge in [0.1, 0.15) is 11.2 Å². The Hall–Kier alpha value is -2.20. The summed E-state index contributed by atoms with van der Waals surface area (Å²) in [4.78, 5) is 18.1. The first-order chi connectivity index (χ1) is 9.01. The second-order valence-electron chi connectivity index (χ2n) is 3.64. The predicted molar refractivity (Wildman–Crippen MR) is 68.6 cm³/mol. The standard InChI is InChI=1S/C9H11N7O2S/c1-5-3-7(15(2)14-5)19-8-6(16(17)18)4-11-9(12-8)13-10/h3-4H,10H2,1-2H3,(H,11,12,13).